The molecule has 2 aromatic rings. The largest absolute Gasteiger partial charge is 0.497 e. The van der Waals surface area contributed by atoms with Gasteiger partial charge in [-0.15, -0.1) is 0 Å². The van der Waals surface area contributed by atoms with Gasteiger partial charge in [-0.2, -0.15) is 0 Å². The molecule has 0 radical (unpaired) electrons. The first kappa shape index (κ1) is 21.1. The number of amides is 2. The van der Waals surface area contributed by atoms with Crippen molar-refractivity contribution in [1.82, 2.24) is 15.5 Å². The minimum Gasteiger partial charge on any atom is -0.497 e. The molecule has 29 heavy (non-hydrogen) atoms. The molecule has 2 N–H and O–H groups in total. The van der Waals surface area contributed by atoms with Crippen molar-refractivity contribution in [2.24, 2.45) is 0 Å². The number of rotatable bonds is 7. The van der Waals surface area contributed by atoms with Crippen LogP contribution in [0.4, 0.5) is 4.39 Å². The topological polar surface area (TPSA) is 70.7 Å². The first-order valence-corrected chi connectivity index (χ1v) is 9.69. The molecule has 1 heterocycles. The highest BCUT2D eigenvalue weighted by atomic mass is 35.5. The molecule has 2 amide bonds. The smallest absolute Gasteiger partial charge is 0.237 e. The Hall–Kier alpha value is -2.64. The average Bonchev–Trinajstić information content (AvgIpc) is 2.70. The van der Waals surface area contributed by atoms with Crippen LogP contribution in [0.25, 0.3) is 0 Å². The van der Waals surface area contributed by atoms with Crippen LogP contribution in [-0.2, 0) is 22.7 Å². The third-order valence-corrected chi connectivity index (χ3v) is 5.07. The summed E-state index contributed by atoms with van der Waals surface area (Å²) in [6.07, 6.45) is -0.00975. The first-order chi connectivity index (χ1) is 14.0. The molecule has 0 saturated carbocycles. The van der Waals surface area contributed by atoms with Crippen LogP contribution in [0.15, 0.2) is 42.5 Å². The minimum atomic E-state index is -0.662. The van der Waals surface area contributed by atoms with Crippen LogP contribution in [0, 0.1) is 5.82 Å². The molecule has 0 aromatic heterocycles. The van der Waals surface area contributed by atoms with Crippen LogP contribution in [-0.4, -0.2) is 43.0 Å². The van der Waals surface area contributed by atoms with Gasteiger partial charge >= 0.3 is 0 Å². The van der Waals surface area contributed by atoms with E-state index in [4.69, 9.17) is 16.3 Å². The van der Waals surface area contributed by atoms with E-state index >= 15 is 0 Å². The maximum Gasteiger partial charge on any atom is 0.237 e. The Balaban J connectivity index is 1.63. The van der Waals surface area contributed by atoms with Gasteiger partial charge in [0.1, 0.15) is 11.6 Å². The quantitative estimate of drug-likeness (QED) is 0.723. The minimum absolute atomic E-state index is 0.00975. The molecule has 154 valence electrons. The summed E-state index contributed by atoms with van der Waals surface area (Å²) in [7, 11) is 1.47. The van der Waals surface area contributed by atoms with Gasteiger partial charge in [-0.1, -0.05) is 29.8 Å². The van der Waals surface area contributed by atoms with Crippen LogP contribution in [0.1, 0.15) is 17.5 Å². The number of piperazine rings is 1. The number of benzene rings is 2. The Kier molecular flexibility index (Phi) is 7.06. The Bertz CT molecular complexity index is 893. The van der Waals surface area contributed by atoms with Crippen molar-refractivity contribution in [3.63, 3.8) is 0 Å². The summed E-state index contributed by atoms with van der Waals surface area (Å²) in [4.78, 5) is 26.6. The zero-order valence-electron chi connectivity index (χ0n) is 16.1. The highest BCUT2D eigenvalue weighted by Gasteiger charge is 2.32. The Morgan fingerprint density at radius 1 is 1.34 bits per heavy atom. The maximum absolute atomic E-state index is 14.3. The molecule has 1 aliphatic rings. The highest BCUT2D eigenvalue weighted by Crippen LogP contribution is 2.20. The van der Waals surface area contributed by atoms with Crippen molar-refractivity contribution < 1.29 is 18.7 Å². The average molecular weight is 420 g/mol. The predicted molar refractivity (Wildman–Crippen MR) is 108 cm³/mol. The number of halogens is 2. The number of hydrogen-bond acceptors (Lipinski definition) is 4. The zero-order valence-corrected chi connectivity index (χ0v) is 16.8. The number of hydrogen-bond donors (Lipinski definition) is 2. The second-order valence-corrected chi connectivity index (χ2v) is 7.28. The molecule has 1 aliphatic heterocycles. The van der Waals surface area contributed by atoms with E-state index < -0.39 is 11.9 Å². The monoisotopic (exact) mass is 419 g/mol. The molecule has 1 fully saturated rings. The third kappa shape index (κ3) is 5.68. The Morgan fingerprint density at radius 2 is 2.17 bits per heavy atom. The van der Waals surface area contributed by atoms with E-state index in [2.05, 4.69) is 10.6 Å². The summed E-state index contributed by atoms with van der Waals surface area (Å²) in [5.74, 6) is -0.464. The van der Waals surface area contributed by atoms with Gasteiger partial charge in [0.15, 0.2) is 0 Å². The number of nitrogens with one attached hydrogen (secondary N) is 2. The fourth-order valence-corrected chi connectivity index (χ4v) is 3.48. The van der Waals surface area contributed by atoms with E-state index in [9.17, 15) is 14.0 Å². The second-order valence-electron chi connectivity index (χ2n) is 6.85. The number of methoxy groups -OCH3 is 1. The van der Waals surface area contributed by atoms with Gasteiger partial charge in [0, 0.05) is 42.8 Å². The number of nitrogens with zero attached hydrogens (tertiary/aromatic N) is 1. The molecular formula is C21H23ClFN3O3. The molecule has 1 saturated heterocycles. The van der Waals surface area contributed by atoms with Gasteiger partial charge in [0.2, 0.25) is 11.8 Å². The van der Waals surface area contributed by atoms with Crippen molar-refractivity contribution >= 4 is 23.4 Å². The second kappa shape index (κ2) is 9.71. The summed E-state index contributed by atoms with van der Waals surface area (Å²) < 4.78 is 19.3. The summed E-state index contributed by atoms with van der Waals surface area (Å²) in [6, 6.07) is 11.2. The van der Waals surface area contributed by atoms with Gasteiger partial charge < -0.3 is 15.4 Å². The standard InChI is InChI=1S/C21H23ClFN3O3/c1-29-17-6-5-15(18(23)10-17)13-26-8-7-24-21(28)19(26)11-20(27)25-12-14-3-2-4-16(22)9-14/h2-6,9-10,19H,7-8,11-13H2,1H3,(H,24,28)(H,25,27). The van der Waals surface area contributed by atoms with Crippen molar-refractivity contribution in [1.29, 1.82) is 0 Å². The lowest BCUT2D eigenvalue weighted by atomic mass is 10.1. The van der Waals surface area contributed by atoms with Crippen LogP contribution >= 0.6 is 11.6 Å². The van der Waals surface area contributed by atoms with Crippen molar-refractivity contribution in [3.05, 3.63) is 64.4 Å². The maximum atomic E-state index is 14.3. The third-order valence-electron chi connectivity index (χ3n) is 4.83. The fourth-order valence-electron chi connectivity index (χ4n) is 3.27. The molecule has 0 bridgehead atoms. The van der Waals surface area contributed by atoms with Crippen molar-refractivity contribution in [2.75, 3.05) is 20.2 Å². The van der Waals surface area contributed by atoms with E-state index in [1.165, 1.54) is 13.2 Å². The Labute approximate surface area is 174 Å². The van der Waals surface area contributed by atoms with Gasteiger partial charge in [-0.25, -0.2) is 4.39 Å². The van der Waals surface area contributed by atoms with E-state index in [0.717, 1.165) is 5.56 Å². The fraction of sp³-hybridized carbons (Fsp3) is 0.333. The molecule has 6 nitrogen and oxygen atoms in total. The van der Waals surface area contributed by atoms with E-state index in [-0.39, 0.29) is 24.8 Å². The van der Waals surface area contributed by atoms with E-state index in [0.29, 0.717) is 36.0 Å². The lowest BCUT2D eigenvalue weighted by Gasteiger charge is -2.34. The van der Waals surface area contributed by atoms with Gasteiger partial charge in [0.05, 0.1) is 19.6 Å². The predicted octanol–water partition coefficient (Wildman–Crippen LogP) is 2.49. The first-order valence-electron chi connectivity index (χ1n) is 9.31. The number of carbonyl (C=O) groups excluding carboxylic acids is 2. The van der Waals surface area contributed by atoms with Crippen molar-refractivity contribution in [3.8, 4) is 5.75 Å². The van der Waals surface area contributed by atoms with Gasteiger partial charge in [-0.3, -0.25) is 14.5 Å². The molecule has 0 spiro atoms. The van der Waals surface area contributed by atoms with E-state index in [1.807, 2.05) is 17.0 Å². The summed E-state index contributed by atoms with van der Waals surface area (Å²) in [5.41, 5.74) is 1.32. The summed E-state index contributed by atoms with van der Waals surface area (Å²) in [6.45, 7) is 1.54. The van der Waals surface area contributed by atoms with Gasteiger partial charge in [-0.05, 0) is 23.8 Å². The number of carbonyl (C=O) groups is 2. The molecule has 3 rings (SSSR count). The van der Waals surface area contributed by atoms with Gasteiger partial charge in [0.25, 0.3) is 0 Å². The molecule has 2 aromatic carbocycles. The molecular weight excluding hydrogens is 397 g/mol. The van der Waals surface area contributed by atoms with Crippen LogP contribution in [0.2, 0.25) is 5.02 Å². The highest BCUT2D eigenvalue weighted by molar-refractivity contribution is 6.30. The zero-order chi connectivity index (χ0) is 20.8. The normalized spacial score (nSPS) is 16.9. The molecule has 1 atom stereocenters. The Morgan fingerprint density at radius 3 is 2.90 bits per heavy atom. The lowest BCUT2D eigenvalue weighted by Crippen LogP contribution is -2.56. The summed E-state index contributed by atoms with van der Waals surface area (Å²) in [5, 5.41) is 6.18. The number of ether oxygens (including phenoxy) is 1. The summed E-state index contributed by atoms with van der Waals surface area (Å²) >= 11 is 5.95. The molecule has 1 unspecified atom stereocenters. The van der Waals surface area contributed by atoms with Crippen LogP contribution in [0.3, 0.4) is 0 Å². The van der Waals surface area contributed by atoms with Crippen LogP contribution in [0.5, 0.6) is 5.75 Å². The molecule has 0 aliphatic carbocycles. The SMILES string of the molecule is COc1ccc(CN2CCNC(=O)C2CC(=O)NCc2cccc(Cl)c2)c(F)c1. The van der Waals surface area contributed by atoms with E-state index in [1.54, 1.807) is 24.3 Å². The van der Waals surface area contributed by atoms with Crippen molar-refractivity contribution in [2.45, 2.75) is 25.6 Å². The molecule has 8 heteroatoms. The lowest BCUT2D eigenvalue weighted by molar-refractivity contribution is -0.134. The van der Waals surface area contributed by atoms with Crippen LogP contribution < -0.4 is 15.4 Å².